The van der Waals surface area contributed by atoms with Crippen LogP contribution in [0.4, 0.5) is 0 Å². The van der Waals surface area contributed by atoms with Gasteiger partial charge in [-0.1, -0.05) is 277 Å². The van der Waals surface area contributed by atoms with E-state index in [2.05, 4.69) is 116 Å². The van der Waals surface area contributed by atoms with Crippen molar-refractivity contribution in [3.05, 3.63) is 109 Å². The third-order valence-electron chi connectivity index (χ3n) is 19.0. The van der Waals surface area contributed by atoms with Gasteiger partial charge in [-0.3, -0.25) is 4.79 Å². The highest BCUT2D eigenvalue weighted by Crippen LogP contribution is 2.33. The average Bonchev–Trinajstić information content (AvgIpc) is 0.792. The van der Waals surface area contributed by atoms with Crippen LogP contribution in [-0.4, -0.2) is 193 Å². The summed E-state index contributed by atoms with van der Waals surface area (Å²) < 4.78 is 34.4. The SMILES string of the molecule is CC/C=C\C/C=C\C/C=C\C/C=C\C/C=C\C/C=C\CCCCCCCCCCCCCCC(=O)NC(COC1OC(CO)C(OC2OC(CO)C(OC3OC(CO)C(O)C(O)C3O)C(O)C2O)C(O)C1O)C(O)/C=C/CC/C=C/CC/C=C/CCCCCCCCCCCCCCCCC. The molecule has 0 aromatic carbocycles. The van der Waals surface area contributed by atoms with Gasteiger partial charge in [0.25, 0.3) is 0 Å². The van der Waals surface area contributed by atoms with Gasteiger partial charge >= 0.3 is 0 Å². The first kappa shape index (κ1) is 91.7. The number of hydrogen-bond acceptors (Lipinski definition) is 18. The smallest absolute Gasteiger partial charge is 0.220 e. The molecule has 0 aliphatic carbocycles. The van der Waals surface area contributed by atoms with Gasteiger partial charge in [-0.2, -0.15) is 0 Å². The molecule has 3 aliphatic rings. The normalized spacial score (nSPS) is 26.9. The fraction of sp³-hybridized carbons (Fsp3) is 0.768. The number of nitrogens with one attached hydrogen (secondary N) is 1. The molecule has 0 radical (unpaired) electrons. The van der Waals surface area contributed by atoms with Crippen LogP contribution in [0.3, 0.4) is 0 Å². The number of rotatable bonds is 61. The van der Waals surface area contributed by atoms with Gasteiger partial charge < -0.3 is 89.9 Å². The van der Waals surface area contributed by atoms with Crippen LogP contribution in [0, 0.1) is 0 Å². The molecule has 582 valence electrons. The van der Waals surface area contributed by atoms with Crippen LogP contribution in [0.25, 0.3) is 0 Å². The van der Waals surface area contributed by atoms with E-state index < -0.39 is 124 Å². The van der Waals surface area contributed by atoms with Crippen molar-refractivity contribution in [1.82, 2.24) is 5.32 Å². The molecule has 0 saturated carbocycles. The molecular weight excluding hydrogens is 1290 g/mol. The summed E-state index contributed by atoms with van der Waals surface area (Å²) >= 11 is 0. The number of allylic oxidation sites excluding steroid dienone is 17. The van der Waals surface area contributed by atoms with E-state index in [4.69, 9.17) is 28.4 Å². The Bertz CT molecular complexity index is 2250. The monoisotopic (exact) mass is 1430 g/mol. The minimum absolute atomic E-state index is 0.223. The molecule has 0 aromatic heterocycles. The third kappa shape index (κ3) is 41.8. The molecule has 19 heteroatoms. The van der Waals surface area contributed by atoms with Crippen LogP contribution in [-0.2, 0) is 33.2 Å². The van der Waals surface area contributed by atoms with Gasteiger partial charge in [-0.15, -0.1) is 0 Å². The molecule has 17 atom stereocenters. The molecule has 0 spiro atoms. The van der Waals surface area contributed by atoms with Crippen LogP contribution in [0.2, 0.25) is 0 Å². The predicted octanol–water partition coefficient (Wildman–Crippen LogP) is 12.9. The van der Waals surface area contributed by atoms with Crippen molar-refractivity contribution in [2.45, 2.75) is 375 Å². The van der Waals surface area contributed by atoms with Gasteiger partial charge in [-0.05, 0) is 96.3 Å². The lowest BCUT2D eigenvalue weighted by molar-refractivity contribution is -0.379. The predicted molar refractivity (Wildman–Crippen MR) is 401 cm³/mol. The molecule has 17 unspecified atom stereocenters. The molecule has 101 heavy (non-hydrogen) atoms. The van der Waals surface area contributed by atoms with Crippen molar-refractivity contribution in [2.24, 2.45) is 0 Å². The summed E-state index contributed by atoms with van der Waals surface area (Å²) in [6.45, 7) is 1.61. The standard InChI is InChI=1S/C82H141NO18/c1-3-5-7-9-11-13-15-17-19-21-23-25-27-29-30-31-32-33-34-36-38-40-42-44-46-48-50-52-54-56-58-60-70(88)83-65(66(87)59-57-55-53-51-49-47-45-43-41-39-37-35-28-26-24-22-20-18-16-14-12-10-8-6-4-2)64-96-80-76(94)73(91)78(68(62-85)98-80)101-82-77(95)74(92)79(69(63-86)99-82)100-81-75(93)72(90)71(89)67(61-84)97-81/h5,7,11,13,17,19,23,25,29-30,32-33,41,43,49,51,57,59,65-69,71-82,84-87,89-95H,3-4,6,8-10,12,14-16,18,20-22,24,26-28,31,34-40,42,44-48,50,52-56,58,60-64H2,1-2H3,(H,83,88)/b7-5-,13-11-,19-17-,25-23-,30-29-,33-32-,43-41+,51-49+,59-57+. The Labute approximate surface area is 608 Å². The van der Waals surface area contributed by atoms with Crippen molar-refractivity contribution in [1.29, 1.82) is 0 Å². The third-order valence-corrected chi connectivity index (χ3v) is 19.0. The Balaban J connectivity index is 1.40. The van der Waals surface area contributed by atoms with E-state index in [1.54, 1.807) is 6.08 Å². The maximum atomic E-state index is 13.5. The Kier molecular flexibility index (Phi) is 55.9. The van der Waals surface area contributed by atoms with E-state index in [0.29, 0.717) is 12.8 Å². The largest absolute Gasteiger partial charge is 0.394 e. The number of unbranched alkanes of at least 4 members (excludes halogenated alkanes) is 29. The van der Waals surface area contributed by atoms with Gasteiger partial charge in [0.15, 0.2) is 18.9 Å². The summed E-state index contributed by atoms with van der Waals surface area (Å²) in [5, 5.41) is 121. The number of carbonyl (C=O) groups excluding carboxylic acids is 1. The quantitative estimate of drug-likeness (QED) is 0.0199. The van der Waals surface area contributed by atoms with Crippen LogP contribution in [0.1, 0.15) is 271 Å². The van der Waals surface area contributed by atoms with Crippen molar-refractivity contribution in [3.8, 4) is 0 Å². The van der Waals surface area contributed by atoms with E-state index in [0.717, 1.165) is 96.3 Å². The highest BCUT2D eigenvalue weighted by atomic mass is 16.8. The topological polar surface area (TPSA) is 307 Å². The summed E-state index contributed by atoms with van der Waals surface area (Å²) in [6.07, 6.45) is 57.8. The Hall–Kier alpha value is -3.55. The number of ether oxygens (including phenoxy) is 6. The Morgan fingerprint density at radius 2 is 0.693 bits per heavy atom. The van der Waals surface area contributed by atoms with Crippen LogP contribution >= 0.6 is 0 Å². The molecule has 12 N–H and O–H groups in total. The summed E-state index contributed by atoms with van der Waals surface area (Å²) in [4.78, 5) is 13.5. The molecule has 3 heterocycles. The summed E-state index contributed by atoms with van der Waals surface area (Å²) in [5.74, 6) is -0.294. The molecule has 0 aromatic rings. The number of carbonyl (C=O) groups is 1. The summed E-state index contributed by atoms with van der Waals surface area (Å²) in [7, 11) is 0. The summed E-state index contributed by atoms with van der Waals surface area (Å²) in [6, 6.07) is -1.01. The minimum Gasteiger partial charge on any atom is -0.394 e. The van der Waals surface area contributed by atoms with Crippen molar-refractivity contribution >= 4 is 5.91 Å². The molecular formula is C82H141NO18. The van der Waals surface area contributed by atoms with Gasteiger partial charge in [-0.25, -0.2) is 0 Å². The second-order valence-corrected chi connectivity index (χ2v) is 27.8. The second-order valence-electron chi connectivity index (χ2n) is 27.8. The number of aliphatic hydroxyl groups excluding tert-OH is 11. The minimum atomic E-state index is -1.99. The average molecular weight is 1430 g/mol. The maximum Gasteiger partial charge on any atom is 0.220 e. The molecule has 19 nitrogen and oxygen atoms in total. The lowest BCUT2D eigenvalue weighted by Crippen LogP contribution is -2.66. The van der Waals surface area contributed by atoms with Crippen LogP contribution < -0.4 is 5.32 Å². The Morgan fingerprint density at radius 1 is 0.366 bits per heavy atom. The van der Waals surface area contributed by atoms with Gasteiger partial charge in [0.1, 0.15) is 73.2 Å². The van der Waals surface area contributed by atoms with Crippen molar-refractivity contribution < 1.29 is 89.4 Å². The number of hydrogen-bond donors (Lipinski definition) is 12. The zero-order chi connectivity index (χ0) is 73.2. The highest BCUT2D eigenvalue weighted by Gasteiger charge is 2.53. The molecule has 3 fully saturated rings. The van der Waals surface area contributed by atoms with Crippen molar-refractivity contribution in [2.75, 3.05) is 26.4 Å². The zero-order valence-electron chi connectivity index (χ0n) is 62.1. The van der Waals surface area contributed by atoms with Crippen LogP contribution in [0.5, 0.6) is 0 Å². The zero-order valence-corrected chi connectivity index (χ0v) is 62.1. The second kappa shape index (κ2) is 61.6. The molecule has 1 amide bonds. The highest BCUT2D eigenvalue weighted by molar-refractivity contribution is 5.76. The number of amides is 1. The molecule has 3 rings (SSSR count). The van der Waals surface area contributed by atoms with E-state index in [1.165, 1.54) is 141 Å². The lowest BCUT2D eigenvalue weighted by Gasteiger charge is -2.48. The summed E-state index contributed by atoms with van der Waals surface area (Å²) in [5.41, 5.74) is 0. The van der Waals surface area contributed by atoms with Gasteiger partial charge in [0.05, 0.1) is 38.6 Å². The Morgan fingerprint density at radius 3 is 1.11 bits per heavy atom. The fourth-order valence-electron chi connectivity index (χ4n) is 12.7. The maximum absolute atomic E-state index is 13.5. The van der Waals surface area contributed by atoms with E-state index in [9.17, 15) is 61.0 Å². The van der Waals surface area contributed by atoms with E-state index >= 15 is 0 Å². The van der Waals surface area contributed by atoms with Crippen molar-refractivity contribution in [3.63, 3.8) is 0 Å². The van der Waals surface area contributed by atoms with Gasteiger partial charge in [0, 0.05) is 6.42 Å². The van der Waals surface area contributed by atoms with E-state index in [-0.39, 0.29) is 18.9 Å². The fourth-order valence-corrected chi connectivity index (χ4v) is 12.7. The molecule has 0 bridgehead atoms. The molecule has 3 saturated heterocycles. The van der Waals surface area contributed by atoms with Gasteiger partial charge in [0.2, 0.25) is 5.91 Å². The lowest BCUT2D eigenvalue weighted by atomic mass is 9.96. The van der Waals surface area contributed by atoms with E-state index in [1.807, 2.05) is 6.08 Å². The van der Waals surface area contributed by atoms with Crippen LogP contribution in [0.15, 0.2) is 109 Å². The first-order valence-corrected chi connectivity index (χ1v) is 39.6. The first-order chi connectivity index (χ1) is 49.3. The number of aliphatic hydroxyl groups is 11. The first-order valence-electron chi connectivity index (χ1n) is 39.6. The molecule has 3 aliphatic heterocycles.